The van der Waals surface area contributed by atoms with Crippen LogP contribution in [0.4, 0.5) is 4.39 Å². The van der Waals surface area contributed by atoms with Gasteiger partial charge in [-0.2, -0.15) is 0 Å². The van der Waals surface area contributed by atoms with Crippen LogP contribution in [0.2, 0.25) is 0 Å². The molecule has 0 spiro atoms. The highest BCUT2D eigenvalue weighted by atomic mass is 32.2. The van der Waals surface area contributed by atoms with Crippen LogP contribution in [-0.2, 0) is 9.59 Å². The van der Waals surface area contributed by atoms with Crippen molar-refractivity contribution in [1.29, 1.82) is 0 Å². The molecule has 2 fully saturated rings. The number of methoxy groups -OCH3 is 1. The molecule has 1 N–H and O–H groups in total. The Bertz CT molecular complexity index is 1120. The summed E-state index contributed by atoms with van der Waals surface area (Å²) in [6, 6.07) is 14.0. The van der Waals surface area contributed by atoms with Crippen molar-refractivity contribution in [2.45, 2.75) is 31.7 Å². The number of amides is 2. The first-order valence-electron chi connectivity index (χ1n) is 12.1. The summed E-state index contributed by atoms with van der Waals surface area (Å²) in [5.41, 5.74) is 1.86. The van der Waals surface area contributed by atoms with Gasteiger partial charge in [-0.25, -0.2) is 4.39 Å². The predicted molar refractivity (Wildman–Crippen MR) is 145 cm³/mol. The van der Waals surface area contributed by atoms with Crippen LogP contribution >= 0.6 is 24.0 Å². The number of hydrogen-bond acceptors (Lipinski definition) is 6. The minimum Gasteiger partial charge on any atom is -0.497 e. The zero-order valence-corrected chi connectivity index (χ0v) is 21.9. The Hall–Kier alpha value is -2.75. The fourth-order valence-corrected chi connectivity index (χ4v) is 5.74. The highest BCUT2D eigenvalue weighted by molar-refractivity contribution is 8.26. The molecule has 6 nitrogen and oxygen atoms in total. The van der Waals surface area contributed by atoms with Crippen LogP contribution in [0.5, 0.6) is 5.75 Å². The van der Waals surface area contributed by atoms with E-state index in [2.05, 4.69) is 22.3 Å². The molecule has 1 atom stereocenters. The summed E-state index contributed by atoms with van der Waals surface area (Å²) in [7, 11) is 1.65. The van der Waals surface area contributed by atoms with E-state index in [9.17, 15) is 14.0 Å². The Morgan fingerprint density at radius 2 is 1.83 bits per heavy atom. The fraction of sp³-hybridized carbons (Fsp3) is 0.370. The molecule has 0 aromatic heterocycles. The summed E-state index contributed by atoms with van der Waals surface area (Å²) < 4.78 is 18.9. The average molecular weight is 528 g/mol. The van der Waals surface area contributed by atoms with Crippen LogP contribution in [0.15, 0.2) is 53.4 Å². The van der Waals surface area contributed by atoms with Crippen LogP contribution < -0.4 is 10.1 Å². The number of ether oxygens (including phenoxy) is 1. The Labute approximate surface area is 220 Å². The van der Waals surface area contributed by atoms with Gasteiger partial charge < -0.3 is 10.1 Å². The van der Waals surface area contributed by atoms with Crippen molar-refractivity contribution in [2.75, 3.05) is 33.3 Å². The first kappa shape index (κ1) is 26.3. The van der Waals surface area contributed by atoms with Crippen molar-refractivity contribution in [3.63, 3.8) is 0 Å². The van der Waals surface area contributed by atoms with E-state index in [1.54, 1.807) is 25.3 Å². The van der Waals surface area contributed by atoms with Gasteiger partial charge in [-0.05, 0) is 67.4 Å². The molecule has 9 heteroatoms. The quantitative estimate of drug-likeness (QED) is 0.375. The number of carbonyl (C=O) groups is 2. The fourth-order valence-electron chi connectivity index (χ4n) is 4.43. The van der Waals surface area contributed by atoms with Crippen LogP contribution in [-0.4, -0.2) is 59.2 Å². The number of hydrogen-bond donors (Lipinski definition) is 1. The Morgan fingerprint density at radius 3 is 2.50 bits per heavy atom. The smallest absolute Gasteiger partial charge is 0.266 e. The standard InChI is InChI=1S/C27H30FN3O3S2/c1-34-22-11-7-20(8-12-22)23(30-14-3-2-4-15-30)18-29-25(32)13-16-31-26(33)24(36-27(31)35)17-19-5-9-21(28)10-6-19/h5-12,17,23H,2-4,13-16,18H2,1H3,(H,29,32)/b24-17-. The van der Waals surface area contributed by atoms with Crippen molar-refractivity contribution < 1.29 is 18.7 Å². The number of thiocarbonyl (C=S) groups is 1. The Morgan fingerprint density at radius 1 is 1.14 bits per heavy atom. The molecular weight excluding hydrogens is 497 g/mol. The lowest BCUT2D eigenvalue weighted by atomic mass is 10.0. The molecule has 2 aliphatic heterocycles. The van der Waals surface area contributed by atoms with Gasteiger partial charge in [-0.3, -0.25) is 19.4 Å². The molecule has 0 saturated carbocycles. The Balaban J connectivity index is 1.34. The second-order valence-corrected chi connectivity index (χ2v) is 10.5. The van der Waals surface area contributed by atoms with Gasteiger partial charge >= 0.3 is 0 Å². The van der Waals surface area contributed by atoms with Gasteiger partial charge in [0.15, 0.2) is 0 Å². The van der Waals surface area contributed by atoms with E-state index in [0.717, 1.165) is 42.8 Å². The van der Waals surface area contributed by atoms with Gasteiger partial charge in [0.25, 0.3) is 5.91 Å². The molecule has 2 amide bonds. The molecule has 2 heterocycles. The number of nitrogens with one attached hydrogen (secondary N) is 1. The molecule has 2 saturated heterocycles. The number of likely N-dealkylation sites (tertiary alicyclic amines) is 1. The third-order valence-electron chi connectivity index (χ3n) is 6.43. The zero-order valence-electron chi connectivity index (χ0n) is 20.2. The monoisotopic (exact) mass is 527 g/mol. The summed E-state index contributed by atoms with van der Waals surface area (Å²) in [6.45, 7) is 2.72. The normalized spacial score (nSPS) is 18.5. The third-order valence-corrected chi connectivity index (χ3v) is 7.81. The number of nitrogens with zero attached hydrogens (tertiary/aromatic N) is 2. The summed E-state index contributed by atoms with van der Waals surface area (Å²) >= 11 is 6.57. The zero-order chi connectivity index (χ0) is 25.5. The number of thioether (sulfide) groups is 1. The molecule has 0 aliphatic carbocycles. The lowest BCUT2D eigenvalue weighted by molar-refractivity contribution is -0.124. The van der Waals surface area contributed by atoms with E-state index in [4.69, 9.17) is 17.0 Å². The molecule has 0 radical (unpaired) electrons. The average Bonchev–Trinajstić information content (AvgIpc) is 3.17. The second-order valence-electron chi connectivity index (χ2n) is 8.82. The first-order valence-corrected chi connectivity index (χ1v) is 13.3. The third kappa shape index (κ3) is 6.72. The summed E-state index contributed by atoms with van der Waals surface area (Å²) in [4.78, 5) is 29.9. The van der Waals surface area contributed by atoms with Crippen LogP contribution in [0.3, 0.4) is 0 Å². The molecule has 36 heavy (non-hydrogen) atoms. The molecule has 2 aromatic carbocycles. The van der Waals surface area contributed by atoms with Crippen molar-refractivity contribution in [2.24, 2.45) is 0 Å². The van der Waals surface area contributed by atoms with E-state index in [1.165, 1.54) is 35.2 Å². The minimum atomic E-state index is -0.333. The maximum atomic E-state index is 13.2. The maximum absolute atomic E-state index is 13.2. The van der Waals surface area contributed by atoms with E-state index in [1.807, 2.05) is 12.1 Å². The molecule has 2 aliphatic rings. The van der Waals surface area contributed by atoms with Crippen molar-refractivity contribution >= 4 is 46.2 Å². The van der Waals surface area contributed by atoms with E-state index < -0.39 is 0 Å². The molecular formula is C27H30FN3O3S2. The predicted octanol–water partition coefficient (Wildman–Crippen LogP) is 4.77. The Kier molecular flexibility index (Phi) is 9.12. The van der Waals surface area contributed by atoms with Gasteiger partial charge in [-0.1, -0.05) is 54.7 Å². The van der Waals surface area contributed by atoms with Crippen LogP contribution in [0.1, 0.15) is 42.9 Å². The van der Waals surface area contributed by atoms with Gasteiger partial charge in [0.2, 0.25) is 5.91 Å². The highest BCUT2D eigenvalue weighted by Gasteiger charge is 2.32. The van der Waals surface area contributed by atoms with E-state index in [0.29, 0.717) is 15.8 Å². The summed E-state index contributed by atoms with van der Waals surface area (Å²) in [6.07, 6.45) is 5.39. The van der Waals surface area contributed by atoms with E-state index in [-0.39, 0.29) is 36.6 Å². The van der Waals surface area contributed by atoms with Crippen molar-refractivity contribution in [3.05, 3.63) is 70.4 Å². The summed E-state index contributed by atoms with van der Waals surface area (Å²) in [5.74, 6) is 0.117. The summed E-state index contributed by atoms with van der Waals surface area (Å²) in [5, 5.41) is 3.07. The van der Waals surface area contributed by atoms with Crippen LogP contribution in [0.25, 0.3) is 6.08 Å². The van der Waals surface area contributed by atoms with Gasteiger partial charge in [0, 0.05) is 19.5 Å². The van der Waals surface area contributed by atoms with Gasteiger partial charge in [-0.15, -0.1) is 0 Å². The van der Waals surface area contributed by atoms with Crippen molar-refractivity contribution in [3.8, 4) is 5.75 Å². The lowest BCUT2D eigenvalue weighted by Gasteiger charge is -2.35. The molecule has 2 aromatic rings. The number of rotatable bonds is 9. The lowest BCUT2D eigenvalue weighted by Crippen LogP contribution is -2.41. The number of benzene rings is 2. The molecule has 1 unspecified atom stereocenters. The molecule has 4 rings (SSSR count). The first-order chi connectivity index (χ1) is 17.4. The van der Waals surface area contributed by atoms with Gasteiger partial charge in [0.1, 0.15) is 15.9 Å². The number of carbonyl (C=O) groups excluding carboxylic acids is 2. The van der Waals surface area contributed by atoms with E-state index >= 15 is 0 Å². The SMILES string of the molecule is COc1ccc(C(CNC(=O)CCN2C(=O)/C(=C/c3ccc(F)cc3)SC2=S)N2CCCCC2)cc1. The second kappa shape index (κ2) is 12.5. The topological polar surface area (TPSA) is 61.9 Å². The largest absolute Gasteiger partial charge is 0.497 e. The molecule has 0 bridgehead atoms. The molecule has 190 valence electrons. The highest BCUT2D eigenvalue weighted by Crippen LogP contribution is 2.32. The van der Waals surface area contributed by atoms with Crippen molar-refractivity contribution in [1.82, 2.24) is 15.1 Å². The van der Waals surface area contributed by atoms with Crippen LogP contribution in [0, 0.1) is 5.82 Å². The minimum absolute atomic E-state index is 0.0791. The number of piperidine rings is 1. The number of halogens is 1. The maximum Gasteiger partial charge on any atom is 0.266 e. The van der Waals surface area contributed by atoms with Gasteiger partial charge in [0.05, 0.1) is 18.1 Å².